The van der Waals surface area contributed by atoms with Gasteiger partial charge in [-0.1, -0.05) is 26.7 Å². The van der Waals surface area contributed by atoms with Crippen molar-refractivity contribution in [3.05, 3.63) is 0 Å². The van der Waals surface area contributed by atoms with E-state index in [0.717, 1.165) is 25.7 Å². The van der Waals surface area contributed by atoms with E-state index in [1.165, 1.54) is 4.90 Å². The van der Waals surface area contributed by atoms with Crippen molar-refractivity contribution in [1.82, 2.24) is 4.90 Å². The molecule has 106 valence electrons. The molecule has 1 aliphatic heterocycles. The molecular formula is C14H21NO4. The normalized spacial score (nSPS) is 22.2. The van der Waals surface area contributed by atoms with Crippen LogP contribution in [0.2, 0.25) is 0 Å². The third-order valence-corrected chi connectivity index (χ3v) is 4.34. The molecule has 1 atom stereocenters. The summed E-state index contributed by atoms with van der Waals surface area (Å²) in [4.78, 5) is 36.5. The molecule has 2 fully saturated rings. The minimum Gasteiger partial charge on any atom is -0.455 e. The molecule has 0 radical (unpaired) electrons. The van der Waals surface area contributed by atoms with E-state index >= 15 is 0 Å². The molecule has 2 amide bonds. The molecule has 0 aromatic rings. The monoisotopic (exact) mass is 267 g/mol. The van der Waals surface area contributed by atoms with E-state index in [-0.39, 0.29) is 35.8 Å². The number of imide groups is 1. The summed E-state index contributed by atoms with van der Waals surface area (Å²) in [7, 11) is 0. The maximum Gasteiger partial charge on any atom is 0.309 e. The van der Waals surface area contributed by atoms with Crippen LogP contribution in [0.1, 0.15) is 52.4 Å². The summed E-state index contributed by atoms with van der Waals surface area (Å²) < 4.78 is 4.98. The van der Waals surface area contributed by atoms with Crippen LogP contribution in [0, 0.1) is 5.92 Å². The summed E-state index contributed by atoms with van der Waals surface area (Å²) in [5, 5.41) is 0. The highest BCUT2D eigenvalue weighted by Gasteiger charge is 2.55. The van der Waals surface area contributed by atoms with Crippen LogP contribution in [0.3, 0.4) is 0 Å². The van der Waals surface area contributed by atoms with E-state index in [0.29, 0.717) is 12.8 Å². The van der Waals surface area contributed by atoms with E-state index in [1.807, 2.05) is 6.92 Å². The SMILES string of the molecule is CCC(C)C(=O)OCC(=O)N1C(=O)CC12CCCC2. The van der Waals surface area contributed by atoms with Gasteiger partial charge in [-0.05, 0) is 19.3 Å². The highest BCUT2D eigenvalue weighted by molar-refractivity contribution is 6.02. The molecule has 2 aliphatic rings. The van der Waals surface area contributed by atoms with Crippen LogP contribution >= 0.6 is 0 Å². The van der Waals surface area contributed by atoms with Gasteiger partial charge >= 0.3 is 5.97 Å². The molecule has 19 heavy (non-hydrogen) atoms. The van der Waals surface area contributed by atoms with Crippen LogP contribution < -0.4 is 0 Å². The lowest BCUT2D eigenvalue weighted by Gasteiger charge is -2.48. The average Bonchev–Trinajstić information content (AvgIpc) is 2.85. The number of nitrogens with zero attached hydrogens (tertiary/aromatic N) is 1. The van der Waals surface area contributed by atoms with E-state index in [2.05, 4.69) is 0 Å². The first kappa shape index (κ1) is 14.0. The average molecular weight is 267 g/mol. The maximum atomic E-state index is 12.0. The van der Waals surface area contributed by atoms with Crippen LogP contribution in [0.25, 0.3) is 0 Å². The predicted octanol–water partition coefficient (Wildman–Crippen LogP) is 1.65. The fraction of sp³-hybridized carbons (Fsp3) is 0.786. The molecule has 0 bridgehead atoms. The molecule has 0 N–H and O–H groups in total. The summed E-state index contributed by atoms with van der Waals surface area (Å²) in [5.74, 6) is -1.08. The number of amides is 2. The zero-order valence-corrected chi connectivity index (χ0v) is 11.6. The minimum atomic E-state index is -0.371. The van der Waals surface area contributed by atoms with E-state index in [9.17, 15) is 14.4 Å². The molecular weight excluding hydrogens is 246 g/mol. The molecule has 5 nitrogen and oxygen atoms in total. The van der Waals surface area contributed by atoms with Crippen molar-refractivity contribution in [3.63, 3.8) is 0 Å². The van der Waals surface area contributed by atoms with Crippen LogP contribution in [0.5, 0.6) is 0 Å². The highest BCUT2D eigenvalue weighted by atomic mass is 16.5. The second-order valence-corrected chi connectivity index (χ2v) is 5.65. The second-order valence-electron chi connectivity index (χ2n) is 5.65. The van der Waals surface area contributed by atoms with Crippen LogP contribution in [-0.4, -0.2) is 34.8 Å². The maximum absolute atomic E-state index is 12.0. The Morgan fingerprint density at radius 2 is 2.00 bits per heavy atom. The largest absolute Gasteiger partial charge is 0.455 e. The number of rotatable bonds is 4. The first-order valence-electron chi connectivity index (χ1n) is 7.03. The third kappa shape index (κ3) is 2.51. The predicted molar refractivity (Wildman–Crippen MR) is 68.1 cm³/mol. The second kappa shape index (κ2) is 5.31. The Kier molecular flexibility index (Phi) is 3.92. The van der Waals surface area contributed by atoms with Gasteiger partial charge in [0.1, 0.15) is 0 Å². The van der Waals surface area contributed by atoms with Gasteiger partial charge < -0.3 is 4.74 Å². The van der Waals surface area contributed by atoms with E-state index < -0.39 is 0 Å². The van der Waals surface area contributed by atoms with Crippen molar-refractivity contribution in [1.29, 1.82) is 0 Å². The molecule has 0 aromatic carbocycles. The molecule has 1 unspecified atom stereocenters. The fourth-order valence-corrected chi connectivity index (χ4v) is 2.96. The van der Waals surface area contributed by atoms with Crippen LogP contribution in [0.15, 0.2) is 0 Å². The van der Waals surface area contributed by atoms with Crippen LogP contribution in [0.4, 0.5) is 0 Å². The fourth-order valence-electron chi connectivity index (χ4n) is 2.96. The molecule has 0 aromatic heterocycles. The molecule has 2 rings (SSSR count). The molecule has 1 saturated heterocycles. The summed E-state index contributed by atoms with van der Waals surface area (Å²) in [6.07, 6.45) is 5.05. The van der Waals surface area contributed by atoms with Crippen molar-refractivity contribution >= 4 is 17.8 Å². The van der Waals surface area contributed by atoms with Gasteiger partial charge in [-0.3, -0.25) is 19.3 Å². The summed E-state index contributed by atoms with van der Waals surface area (Å²) in [6.45, 7) is 3.34. The number of hydrogen-bond donors (Lipinski definition) is 0. The summed E-state index contributed by atoms with van der Waals surface area (Å²) in [5.41, 5.74) is -0.253. The Hall–Kier alpha value is -1.39. The summed E-state index contributed by atoms with van der Waals surface area (Å²) in [6, 6.07) is 0. The molecule has 1 spiro atoms. The number of β-lactam (4-membered cyclic amide) rings is 1. The Bertz CT molecular complexity index is 398. The van der Waals surface area contributed by atoms with Crippen molar-refractivity contribution < 1.29 is 19.1 Å². The molecule has 5 heteroatoms. The Morgan fingerprint density at radius 3 is 2.53 bits per heavy atom. The summed E-state index contributed by atoms with van der Waals surface area (Å²) >= 11 is 0. The van der Waals surface area contributed by atoms with Gasteiger partial charge in [-0.2, -0.15) is 0 Å². The Labute approximate surface area is 113 Å². The topological polar surface area (TPSA) is 63.7 Å². The molecule has 1 saturated carbocycles. The number of likely N-dealkylation sites (tertiary alicyclic amines) is 1. The number of esters is 1. The van der Waals surface area contributed by atoms with E-state index in [1.54, 1.807) is 6.92 Å². The lowest BCUT2D eigenvalue weighted by atomic mass is 9.82. The number of ether oxygens (including phenoxy) is 1. The quantitative estimate of drug-likeness (QED) is 0.574. The Balaban J connectivity index is 1.89. The van der Waals surface area contributed by atoms with Crippen molar-refractivity contribution in [3.8, 4) is 0 Å². The third-order valence-electron chi connectivity index (χ3n) is 4.34. The zero-order valence-electron chi connectivity index (χ0n) is 11.6. The van der Waals surface area contributed by atoms with Gasteiger partial charge in [0.2, 0.25) is 5.91 Å². The number of carbonyl (C=O) groups excluding carboxylic acids is 3. The molecule has 1 heterocycles. The van der Waals surface area contributed by atoms with E-state index in [4.69, 9.17) is 4.74 Å². The van der Waals surface area contributed by atoms with Gasteiger partial charge in [0.15, 0.2) is 6.61 Å². The number of carbonyl (C=O) groups is 3. The van der Waals surface area contributed by atoms with Gasteiger partial charge in [0.25, 0.3) is 5.91 Å². The molecule has 1 aliphatic carbocycles. The van der Waals surface area contributed by atoms with Crippen LogP contribution in [-0.2, 0) is 19.1 Å². The lowest BCUT2D eigenvalue weighted by Crippen LogP contribution is -2.65. The first-order chi connectivity index (χ1) is 9.00. The smallest absolute Gasteiger partial charge is 0.309 e. The number of hydrogen-bond acceptors (Lipinski definition) is 4. The minimum absolute atomic E-state index is 0.133. The zero-order chi connectivity index (χ0) is 14.0. The van der Waals surface area contributed by atoms with Gasteiger partial charge in [-0.25, -0.2) is 0 Å². The lowest BCUT2D eigenvalue weighted by molar-refractivity contribution is -0.173. The first-order valence-corrected chi connectivity index (χ1v) is 7.03. The standard InChI is InChI=1S/C14H21NO4/c1-3-10(2)13(18)19-9-12(17)15-11(16)8-14(15)6-4-5-7-14/h10H,3-9H2,1-2H3. The van der Waals surface area contributed by atoms with Gasteiger partial charge in [-0.15, -0.1) is 0 Å². The van der Waals surface area contributed by atoms with Gasteiger partial charge in [0.05, 0.1) is 17.9 Å². The van der Waals surface area contributed by atoms with Crippen molar-refractivity contribution in [2.75, 3.05) is 6.61 Å². The van der Waals surface area contributed by atoms with Crippen molar-refractivity contribution in [2.45, 2.75) is 57.9 Å². The van der Waals surface area contributed by atoms with Gasteiger partial charge in [0, 0.05) is 0 Å². The van der Waals surface area contributed by atoms with Crippen molar-refractivity contribution in [2.24, 2.45) is 5.92 Å². The Morgan fingerprint density at radius 1 is 1.37 bits per heavy atom. The highest BCUT2D eigenvalue weighted by Crippen LogP contribution is 2.45.